The van der Waals surface area contributed by atoms with Crippen molar-refractivity contribution >= 4 is 5.82 Å². The van der Waals surface area contributed by atoms with Gasteiger partial charge in [-0.2, -0.15) is 13.2 Å². The van der Waals surface area contributed by atoms with Gasteiger partial charge in [0.05, 0.1) is 0 Å². The fourth-order valence-electron chi connectivity index (χ4n) is 1.35. The maximum Gasteiger partial charge on any atom is 0.405 e. The predicted octanol–water partition coefficient (Wildman–Crippen LogP) is 1.85. The number of anilines is 1. The van der Waals surface area contributed by atoms with E-state index in [0.29, 0.717) is 18.1 Å². The van der Waals surface area contributed by atoms with Gasteiger partial charge in [-0.25, -0.2) is 4.98 Å². The van der Waals surface area contributed by atoms with Crippen molar-refractivity contribution in [1.82, 2.24) is 4.98 Å². The Morgan fingerprint density at radius 3 is 2.44 bits per heavy atom. The number of aromatic nitrogens is 1. The van der Waals surface area contributed by atoms with Crippen LogP contribution in [-0.4, -0.2) is 24.8 Å². The van der Waals surface area contributed by atoms with Gasteiger partial charge in [0.2, 0.25) is 0 Å². The second-order valence-electron chi connectivity index (χ2n) is 3.59. The maximum absolute atomic E-state index is 12.1. The van der Waals surface area contributed by atoms with Crippen LogP contribution in [0, 0.1) is 6.92 Å². The molecule has 0 amide bonds. The van der Waals surface area contributed by atoms with Crippen LogP contribution in [-0.2, 0) is 6.54 Å². The number of hydrogen-bond acceptors (Lipinski definition) is 3. The standard InChI is InChI=1S/C10H14F3N3/c1-7-8(5-14)3-4-9(15-7)16(2)6-10(11,12)13/h3-4H,5-6,14H2,1-2H3. The monoisotopic (exact) mass is 233 g/mol. The normalized spacial score (nSPS) is 11.6. The van der Waals surface area contributed by atoms with Crippen LogP contribution < -0.4 is 10.6 Å². The molecule has 0 bridgehead atoms. The minimum absolute atomic E-state index is 0.298. The molecule has 0 radical (unpaired) electrons. The Hall–Kier alpha value is -1.30. The van der Waals surface area contributed by atoms with Crippen LogP contribution >= 0.6 is 0 Å². The molecule has 0 saturated carbocycles. The lowest BCUT2D eigenvalue weighted by Gasteiger charge is -2.20. The molecule has 0 aliphatic rings. The lowest BCUT2D eigenvalue weighted by Crippen LogP contribution is -2.31. The van der Waals surface area contributed by atoms with E-state index in [1.165, 1.54) is 7.05 Å². The van der Waals surface area contributed by atoms with Gasteiger partial charge in [0.15, 0.2) is 0 Å². The molecular weight excluding hydrogens is 219 g/mol. The second kappa shape index (κ2) is 4.69. The quantitative estimate of drug-likeness (QED) is 0.866. The van der Waals surface area contributed by atoms with Crippen molar-refractivity contribution in [2.24, 2.45) is 5.73 Å². The van der Waals surface area contributed by atoms with E-state index in [2.05, 4.69) is 4.98 Å². The van der Waals surface area contributed by atoms with Crippen molar-refractivity contribution in [1.29, 1.82) is 0 Å². The average molecular weight is 233 g/mol. The van der Waals surface area contributed by atoms with Crippen LogP contribution in [0.1, 0.15) is 11.3 Å². The summed E-state index contributed by atoms with van der Waals surface area (Å²) >= 11 is 0. The third-order valence-corrected chi connectivity index (χ3v) is 2.21. The molecule has 0 aliphatic carbocycles. The molecule has 0 aromatic carbocycles. The summed E-state index contributed by atoms with van der Waals surface area (Å²) in [6.45, 7) is 1.05. The smallest absolute Gasteiger partial charge is 0.351 e. The third kappa shape index (κ3) is 3.37. The molecule has 1 rings (SSSR count). The number of nitrogens with zero attached hydrogens (tertiary/aromatic N) is 2. The largest absolute Gasteiger partial charge is 0.405 e. The Kier molecular flexibility index (Phi) is 3.74. The Balaban J connectivity index is 2.85. The molecular formula is C10H14F3N3. The summed E-state index contributed by atoms with van der Waals surface area (Å²) in [5.74, 6) is 0.298. The van der Waals surface area contributed by atoms with Crippen molar-refractivity contribution in [3.05, 3.63) is 23.4 Å². The summed E-state index contributed by atoms with van der Waals surface area (Å²) < 4.78 is 36.4. The number of alkyl halides is 3. The van der Waals surface area contributed by atoms with Crippen LogP contribution in [0.4, 0.5) is 19.0 Å². The molecule has 1 aromatic rings. The van der Waals surface area contributed by atoms with Gasteiger partial charge in [-0.1, -0.05) is 6.07 Å². The van der Waals surface area contributed by atoms with E-state index in [4.69, 9.17) is 5.73 Å². The fourth-order valence-corrected chi connectivity index (χ4v) is 1.35. The lowest BCUT2D eigenvalue weighted by molar-refractivity contribution is -0.119. The molecule has 1 aromatic heterocycles. The Morgan fingerprint density at radius 2 is 2.00 bits per heavy atom. The Morgan fingerprint density at radius 1 is 1.38 bits per heavy atom. The zero-order chi connectivity index (χ0) is 12.3. The molecule has 3 nitrogen and oxygen atoms in total. The molecule has 1 heterocycles. The lowest BCUT2D eigenvalue weighted by atomic mass is 10.2. The first-order chi connectivity index (χ1) is 7.33. The van der Waals surface area contributed by atoms with Crippen molar-refractivity contribution < 1.29 is 13.2 Å². The Bertz CT molecular complexity index is 363. The number of aryl methyl sites for hydroxylation is 1. The highest BCUT2D eigenvalue weighted by Crippen LogP contribution is 2.20. The highest BCUT2D eigenvalue weighted by molar-refractivity contribution is 5.41. The SMILES string of the molecule is Cc1nc(N(C)CC(F)(F)F)ccc1CN. The first-order valence-electron chi connectivity index (χ1n) is 4.78. The minimum Gasteiger partial charge on any atom is -0.351 e. The van der Waals surface area contributed by atoms with Crippen LogP contribution in [0.3, 0.4) is 0 Å². The van der Waals surface area contributed by atoms with Crippen LogP contribution in [0.2, 0.25) is 0 Å². The van der Waals surface area contributed by atoms with Gasteiger partial charge in [-0.15, -0.1) is 0 Å². The first kappa shape index (κ1) is 12.8. The number of pyridine rings is 1. The van der Waals surface area contributed by atoms with E-state index < -0.39 is 12.7 Å². The van der Waals surface area contributed by atoms with Gasteiger partial charge in [0, 0.05) is 19.3 Å². The summed E-state index contributed by atoms with van der Waals surface area (Å²) in [7, 11) is 1.36. The molecule has 0 spiro atoms. The van der Waals surface area contributed by atoms with Gasteiger partial charge >= 0.3 is 6.18 Å². The van der Waals surface area contributed by atoms with E-state index in [0.717, 1.165) is 10.5 Å². The number of rotatable bonds is 3. The summed E-state index contributed by atoms with van der Waals surface area (Å²) in [5.41, 5.74) is 6.94. The highest BCUT2D eigenvalue weighted by Gasteiger charge is 2.29. The van der Waals surface area contributed by atoms with Gasteiger partial charge < -0.3 is 10.6 Å². The van der Waals surface area contributed by atoms with E-state index >= 15 is 0 Å². The van der Waals surface area contributed by atoms with E-state index in [9.17, 15) is 13.2 Å². The molecule has 90 valence electrons. The molecule has 0 saturated heterocycles. The molecule has 6 heteroatoms. The number of nitrogens with two attached hydrogens (primary N) is 1. The van der Waals surface area contributed by atoms with Gasteiger partial charge in [-0.05, 0) is 18.6 Å². The van der Waals surface area contributed by atoms with Gasteiger partial charge in [0.25, 0.3) is 0 Å². The Labute approximate surface area is 92.1 Å². The second-order valence-corrected chi connectivity index (χ2v) is 3.59. The van der Waals surface area contributed by atoms with Gasteiger partial charge in [-0.3, -0.25) is 0 Å². The number of halogens is 3. The predicted molar refractivity (Wildman–Crippen MR) is 56.2 cm³/mol. The van der Waals surface area contributed by atoms with Crippen molar-refractivity contribution in [3.8, 4) is 0 Å². The van der Waals surface area contributed by atoms with Crippen LogP contribution in [0.25, 0.3) is 0 Å². The molecule has 0 aliphatic heterocycles. The van der Waals surface area contributed by atoms with Gasteiger partial charge in [0.1, 0.15) is 12.4 Å². The van der Waals surface area contributed by atoms with E-state index in [-0.39, 0.29) is 0 Å². The third-order valence-electron chi connectivity index (χ3n) is 2.21. The first-order valence-corrected chi connectivity index (χ1v) is 4.78. The van der Waals surface area contributed by atoms with E-state index in [1.54, 1.807) is 19.1 Å². The van der Waals surface area contributed by atoms with Crippen molar-refractivity contribution in [2.75, 3.05) is 18.5 Å². The fraction of sp³-hybridized carbons (Fsp3) is 0.500. The molecule has 16 heavy (non-hydrogen) atoms. The van der Waals surface area contributed by atoms with E-state index in [1.807, 2.05) is 0 Å². The maximum atomic E-state index is 12.1. The topological polar surface area (TPSA) is 42.2 Å². The van der Waals surface area contributed by atoms with Crippen molar-refractivity contribution in [3.63, 3.8) is 0 Å². The summed E-state index contributed by atoms with van der Waals surface area (Å²) in [6, 6.07) is 3.24. The molecule has 0 unspecified atom stereocenters. The number of hydrogen-bond donors (Lipinski definition) is 1. The molecule has 0 fully saturated rings. The molecule has 2 N–H and O–H groups in total. The highest BCUT2D eigenvalue weighted by atomic mass is 19.4. The minimum atomic E-state index is -4.23. The summed E-state index contributed by atoms with van der Waals surface area (Å²) in [4.78, 5) is 5.14. The molecule has 0 atom stereocenters. The van der Waals surface area contributed by atoms with Crippen molar-refractivity contribution in [2.45, 2.75) is 19.6 Å². The summed E-state index contributed by atoms with van der Waals surface area (Å²) in [6.07, 6.45) is -4.23. The zero-order valence-electron chi connectivity index (χ0n) is 9.17. The van der Waals surface area contributed by atoms with Crippen LogP contribution in [0.5, 0.6) is 0 Å². The average Bonchev–Trinajstić information content (AvgIpc) is 2.15. The summed E-state index contributed by atoms with van der Waals surface area (Å²) in [5, 5.41) is 0. The zero-order valence-corrected chi connectivity index (χ0v) is 9.17. The van der Waals surface area contributed by atoms with Crippen LogP contribution in [0.15, 0.2) is 12.1 Å².